The van der Waals surface area contributed by atoms with Crippen LogP contribution < -0.4 is 5.43 Å². The van der Waals surface area contributed by atoms with Gasteiger partial charge in [0.25, 0.3) is 6.43 Å². The zero-order valence-electron chi connectivity index (χ0n) is 8.35. The Morgan fingerprint density at radius 2 is 2.00 bits per heavy atom. The summed E-state index contributed by atoms with van der Waals surface area (Å²) in [4.78, 5) is 14.1. The maximum absolute atomic E-state index is 12.5. The molecule has 0 fully saturated rings. The number of H-pyrrole nitrogens is 1. The Balaban J connectivity index is 2.87. The number of hydrogen-bond acceptors (Lipinski definition) is 1. The van der Waals surface area contributed by atoms with Crippen molar-refractivity contribution in [3.05, 3.63) is 44.7 Å². The molecule has 0 aliphatic heterocycles. The maximum atomic E-state index is 12.5. The molecule has 0 saturated carbocycles. The number of nitrogens with one attached hydrogen (secondary N) is 1. The zero-order valence-corrected chi connectivity index (χ0v) is 9.11. The SMILES string of the molecule is Cc1cc(Cl)c2[nH]c(C(F)F)cc(=O)c2c1. The fourth-order valence-corrected chi connectivity index (χ4v) is 1.90. The van der Waals surface area contributed by atoms with Crippen molar-refractivity contribution in [3.63, 3.8) is 0 Å². The van der Waals surface area contributed by atoms with Gasteiger partial charge in [-0.25, -0.2) is 8.78 Å². The van der Waals surface area contributed by atoms with Gasteiger partial charge in [0, 0.05) is 11.5 Å². The van der Waals surface area contributed by atoms with Crippen LogP contribution in [0, 0.1) is 6.92 Å². The number of hydrogen-bond donors (Lipinski definition) is 1. The van der Waals surface area contributed by atoms with Crippen LogP contribution in [0.4, 0.5) is 8.78 Å². The van der Waals surface area contributed by atoms with Gasteiger partial charge in [0.1, 0.15) is 0 Å². The van der Waals surface area contributed by atoms with E-state index in [0.29, 0.717) is 5.39 Å². The lowest BCUT2D eigenvalue weighted by molar-refractivity contribution is 0.146. The average molecular weight is 244 g/mol. The second-order valence-corrected chi connectivity index (χ2v) is 3.97. The van der Waals surface area contributed by atoms with Crippen molar-refractivity contribution in [3.8, 4) is 0 Å². The highest BCUT2D eigenvalue weighted by Crippen LogP contribution is 2.24. The lowest BCUT2D eigenvalue weighted by Gasteiger charge is -2.05. The summed E-state index contributed by atoms with van der Waals surface area (Å²) >= 11 is 5.90. The third-order valence-electron chi connectivity index (χ3n) is 2.29. The first-order valence-electron chi connectivity index (χ1n) is 4.60. The smallest absolute Gasteiger partial charge is 0.278 e. The molecular weight excluding hydrogens is 236 g/mol. The van der Waals surface area contributed by atoms with Gasteiger partial charge in [0.15, 0.2) is 5.43 Å². The Morgan fingerprint density at radius 3 is 2.62 bits per heavy atom. The Bertz CT molecular complexity index is 607. The van der Waals surface area contributed by atoms with Crippen molar-refractivity contribution in [1.29, 1.82) is 0 Å². The quantitative estimate of drug-likeness (QED) is 0.818. The first-order chi connectivity index (χ1) is 7.49. The molecule has 0 spiro atoms. The molecule has 1 aromatic heterocycles. The number of aromatic amines is 1. The minimum absolute atomic E-state index is 0.259. The van der Waals surface area contributed by atoms with Gasteiger partial charge in [-0.15, -0.1) is 0 Å². The molecule has 2 nitrogen and oxygen atoms in total. The van der Waals surface area contributed by atoms with Crippen LogP contribution in [0.25, 0.3) is 10.9 Å². The monoisotopic (exact) mass is 243 g/mol. The van der Waals surface area contributed by atoms with E-state index in [2.05, 4.69) is 4.98 Å². The first kappa shape index (κ1) is 11.1. The molecule has 1 N–H and O–H groups in total. The molecule has 2 rings (SSSR count). The molecule has 84 valence electrons. The van der Waals surface area contributed by atoms with E-state index in [1.165, 1.54) is 0 Å². The molecule has 0 saturated heterocycles. The summed E-state index contributed by atoms with van der Waals surface area (Å²) in [7, 11) is 0. The van der Waals surface area contributed by atoms with Crippen molar-refractivity contribution in [2.45, 2.75) is 13.3 Å². The standard InChI is InChI=1S/C11H8ClF2NO/c1-5-2-6-9(16)4-8(11(13)14)15-10(6)7(12)3-5/h2-4,11H,1H3,(H,15,16). The van der Waals surface area contributed by atoms with Crippen molar-refractivity contribution in [1.82, 2.24) is 4.98 Å². The molecule has 0 radical (unpaired) electrons. The van der Waals surface area contributed by atoms with E-state index in [4.69, 9.17) is 11.6 Å². The zero-order chi connectivity index (χ0) is 11.9. The van der Waals surface area contributed by atoms with Crippen LogP contribution in [0.2, 0.25) is 5.02 Å². The molecular formula is C11H8ClF2NO. The second-order valence-electron chi connectivity index (χ2n) is 3.56. The third kappa shape index (κ3) is 1.80. The van der Waals surface area contributed by atoms with Crippen LogP contribution in [-0.2, 0) is 0 Å². The first-order valence-corrected chi connectivity index (χ1v) is 4.98. The Hall–Kier alpha value is -1.42. The summed E-state index contributed by atoms with van der Waals surface area (Å²) in [6, 6.07) is 4.15. The van der Waals surface area contributed by atoms with E-state index in [0.717, 1.165) is 11.6 Å². The van der Waals surface area contributed by atoms with Gasteiger partial charge < -0.3 is 4.98 Å². The number of benzene rings is 1. The molecule has 0 unspecified atom stereocenters. The van der Waals surface area contributed by atoms with E-state index >= 15 is 0 Å². The van der Waals surface area contributed by atoms with E-state index in [1.807, 2.05) is 0 Å². The van der Waals surface area contributed by atoms with Gasteiger partial charge >= 0.3 is 0 Å². The Kier molecular flexibility index (Phi) is 2.68. The van der Waals surface area contributed by atoms with E-state index < -0.39 is 17.5 Å². The predicted octanol–water partition coefficient (Wildman–Crippen LogP) is 3.43. The van der Waals surface area contributed by atoms with Crippen molar-refractivity contribution in [2.24, 2.45) is 0 Å². The summed E-state index contributed by atoms with van der Waals surface area (Å²) in [5, 5.41) is 0.601. The molecule has 16 heavy (non-hydrogen) atoms. The van der Waals surface area contributed by atoms with Gasteiger partial charge in [-0.1, -0.05) is 11.6 Å². The largest absolute Gasteiger partial charge is 0.352 e. The van der Waals surface area contributed by atoms with Crippen molar-refractivity contribution in [2.75, 3.05) is 0 Å². The number of alkyl halides is 2. The van der Waals surface area contributed by atoms with Crippen molar-refractivity contribution >= 4 is 22.5 Å². The van der Waals surface area contributed by atoms with Crippen LogP contribution in [0.1, 0.15) is 17.7 Å². The van der Waals surface area contributed by atoms with Crippen LogP contribution in [0.5, 0.6) is 0 Å². The van der Waals surface area contributed by atoms with Gasteiger partial charge in [-0.3, -0.25) is 4.79 Å². The van der Waals surface area contributed by atoms with Gasteiger partial charge in [-0.2, -0.15) is 0 Å². The molecule has 1 heterocycles. The predicted molar refractivity (Wildman–Crippen MR) is 59.3 cm³/mol. The lowest BCUT2D eigenvalue weighted by Crippen LogP contribution is -2.06. The minimum Gasteiger partial charge on any atom is -0.352 e. The third-order valence-corrected chi connectivity index (χ3v) is 2.59. The molecule has 5 heteroatoms. The summed E-state index contributed by atoms with van der Waals surface area (Å²) < 4.78 is 24.9. The normalized spacial score (nSPS) is 11.3. The number of pyridine rings is 1. The van der Waals surface area contributed by atoms with E-state index in [1.54, 1.807) is 19.1 Å². The Morgan fingerprint density at radius 1 is 1.31 bits per heavy atom. The minimum atomic E-state index is -2.71. The number of rotatable bonds is 1. The molecule has 2 aromatic rings. The van der Waals surface area contributed by atoms with Crippen LogP contribution in [0.3, 0.4) is 0 Å². The molecule has 0 amide bonds. The summed E-state index contributed by atoms with van der Waals surface area (Å²) in [6.45, 7) is 1.78. The highest BCUT2D eigenvalue weighted by molar-refractivity contribution is 6.35. The lowest BCUT2D eigenvalue weighted by atomic mass is 10.1. The highest BCUT2D eigenvalue weighted by Gasteiger charge is 2.12. The van der Waals surface area contributed by atoms with Crippen LogP contribution in [-0.4, -0.2) is 4.98 Å². The van der Waals surface area contributed by atoms with E-state index in [9.17, 15) is 13.6 Å². The maximum Gasteiger partial charge on any atom is 0.278 e. The summed E-state index contributed by atoms with van der Waals surface area (Å²) in [5.41, 5.74) is 0.209. The molecule has 0 atom stereocenters. The van der Waals surface area contributed by atoms with Gasteiger partial charge in [0.2, 0.25) is 0 Å². The fourth-order valence-electron chi connectivity index (χ4n) is 1.58. The number of halogens is 3. The van der Waals surface area contributed by atoms with Crippen molar-refractivity contribution < 1.29 is 8.78 Å². The molecule has 0 aliphatic carbocycles. The number of fused-ring (bicyclic) bond motifs is 1. The van der Waals surface area contributed by atoms with E-state index in [-0.39, 0.29) is 10.5 Å². The molecule has 0 aliphatic rings. The molecule has 0 bridgehead atoms. The second kappa shape index (κ2) is 3.87. The van der Waals surface area contributed by atoms with Gasteiger partial charge in [0.05, 0.1) is 16.2 Å². The highest BCUT2D eigenvalue weighted by atomic mass is 35.5. The number of aromatic nitrogens is 1. The number of aryl methyl sites for hydroxylation is 1. The molecule has 1 aromatic carbocycles. The van der Waals surface area contributed by atoms with Crippen LogP contribution >= 0.6 is 11.6 Å². The fraction of sp³-hybridized carbons (Fsp3) is 0.182. The van der Waals surface area contributed by atoms with Crippen LogP contribution in [0.15, 0.2) is 23.0 Å². The Labute approximate surface area is 94.9 Å². The summed E-state index contributed by atoms with van der Waals surface area (Å²) in [5.74, 6) is 0. The average Bonchev–Trinajstić information content (AvgIpc) is 2.19. The topological polar surface area (TPSA) is 32.9 Å². The summed E-state index contributed by atoms with van der Waals surface area (Å²) in [6.07, 6.45) is -2.71. The van der Waals surface area contributed by atoms with Gasteiger partial charge in [-0.05, 0) is 24.6 Å².